The maximum atomic E-state index is 9.76. The Labute approximate surface area is 85.8 Å². The Morgan fingerprint density at radius 3 is 2.18 bits per heavy atom. The summed E-state index contributed by atoms with van der Waals surface area (Å²) in [6.07, 6.45) is -1.48. The van der Waals surface area contributed by atoms with Crippen molar-refractivity contribution in [3.63, 3.8) is 0 Å². The SMILES string of the molecule is O=C(O)CNCC(O)O.[Na+].[OH-]. The summed E-state index contributed by atoms with van der Waals surface area (Å²) in [5.41, 5.74) is 0. The topological polar surface area (TPSA) is 120 Å². The van der Waals surface area contributed by atoms with Crippen molar-refractivity contribution in [2.45, 2.75) is 6.29 Å². The van der Waals surface area contributed by atoms with Gasteiger partial charge in [0.05, 0.1) is 6.54 Å². The first kappa shape index (κ1) is 17.4. The van der Waals surface area contributed by atoms with Crippen molar-refractivity contribution >= 4 is 5.97 Å². The van der Waals surface area contributed by atoms with E-state index in [1.807, 2.05) is 0 Å². The van der Waals surface area contributed by atoms with E-state index in [0.717, 1.165) is 0 Å². The quantitative estimate of drug-likeness (QED) is 0.250. The molecule has 0 spiro atoms. The van der Waals surface area contributed by atoms with Gasteiger partial charge in [-0.1, -0.05) is 0 Å². The Balaban J connectivity index is -0.000000320. The van der Waals surface area contributed by atoms with E-state index in [1.165, 1.54) is 0 Å². The van der Waals surface area contributed by atoms with Crippen LogP contribution in [0.5, 0.6) is 0 Å². The zero-order chi connectivity index (χ0) is 7.28. The Bertz CT molecular complexity index is 98.5. The third kappa shape index (κ3) is 17.9. The molecule has 7 heteroatoms. The summed E-state index contributed by atoms with van der Waals surface area (Å²) < 4.78 is 0. The van der Waals surface area contributed by atoms with Crippen LogP contribution in [0.4, 0.5) is 0 Å². The van der Waals surface area contributed by atoms with Crippen molar-refractivity contribution < 1.29 is 55.1 Å². The number of aliphatic carboxylic acids is 1. The maximum Gasteiger partial charge on any atom is 1.00 e. The molecule has 0 fully saturated rings. The van der Waals surface area contributed by atoms with Crippen molar-refractivity contribution in [1.82, 2.24) is 5.32 Å². The number of carboxylic acids is 1. The van der Waals surface area contributed by atoms with Gasteiger partial charge in [0, 0.05) is 6.54 Å². The molecule has 0 aromatic heterocycles. The van der Waals surface area contributed by atoms with Crippen LogP contribution in [0.15, 0.2) is 0 Å². The number of nitrogens with one attached hydrogen (secondary N) is 1. The minimum atomic E-state index is -1.48. The van der Waals surface area contributed by atoms with Gasteiger partial charge in [0.1, 0.15) is 0 Å². The molecule has 0 atom stereocenters. The molecule has 0 aliphatic heterocycles. The van der Waals surface area contributed by atoms with Gasteiger partial charge in [0.2, 0.25) is 0 Å². The molecule has 5 N–H and O–H groups in total. The maximum absolute atomic E-state index is 9.76. The van der Waals surface area contributed by atoms with Crippen LogP contribution < -0.4 is 34.9 Å². The van der Waals surface area contributed by atoms with Crippen LogP contribution >= 0.6 is 0 Å². The van der Waals surface area contributed by atoms with E-state index in [-0.39, 0.29) is 48.1 Å². The molecule has 0 aromatic rings. The van der Waals surface area contributed by atoms with E-state index >= 15 is 0 Å². The van der Waals surface area contributed by atoms with Crippen molar-refractivity contribution in [2.75, 3.05) is 13.1 Å². The summed E-state index contributed by atoms with van der Waals surface area (Å²) in [4.78, 5) is 9.76. The minimum Gasteiger partial charge on any atom is -0.870 e. The molecule has 0 rings (SSSR count). The van der Waals surface area contributed by atoms with Crippen LogP contribution in [-0.4, -0.2) is 46.1 Å². The first-order valence-electron chi connectivity index (χ1n) is 2.41. The summed E-state index contributed by atoms with van der Waals surface area (Å²) in [5, 5.41) is 26.6. The number of rotatable bonds is 4. The first-order valence-corrected chi connectivity index (χ1v) is 2.41. The van der Waals surface area contributed by atoms with Crippen molar-refractivity contribution in [3.05, 3.63) is 0 Å². The van der Waals surface area contributed by atoms with Gasteiger partial charge in [-0.25, -0.2) is 0 Å². The predicted molar refractivity (Wildman–Crippen MR) is 30.7 cm³/mol. The Kier molecular flexibility index (Phi) is 16.3. The minimum absolute atomic E-state index is 0. The molecule has 11 heavy (non-hydrogen) atoms. The summed E-state index contributed by atoms with van der Waals surface area (Å²) in [6.45, 7) is -0.371. The molecule has 0 saturated heterocycles. The fraction of sp³-hybridized carbons (Fsp3) is 0.750. The van der Waals surface area contributed by atoms with E-state index in [2.05, 4.69) is 5.32 Å². The number of aliphatic hydroxyl groups is 2. The van der Waals surface area contributed by atoms with Gasteiger partial charge in [-0.05, 0) is 0 Å². The molecule has 0 bridgehead atoms. The molecule has 0 aliphatic rings. The normalized spacial score (nSPS) is 8.27. The second kappa shape index (κ2) is 10.3. The molecule has 62 valence electrons. The van der Waals surface area contributed by atoms with Crippen LogP contribution in [0.3, 0.4) is 0 Å². The Hall–Kier alpha value is 0.310. The Morgan fingerprint density at radius 2 is 1.91 bits per heavy atom. The van der Waals surface area contributed by atoms with Gasteiger partial charge in [-0.3, -0.25) is 4.79 Å². The van der Waals surface area contributed by atoms with E-state index in [1.54, 1.807) is 0 Å². The number of carboxylic acid groups (broad SMARTS) is 1. The van der Waals surface area contributed by atoms with Gasteiger partial charge in [-0.2, -0.15) is 0 Å². The van der Waals surface area contributed by atoms with Gasteiger partial charge in [0.25, 0.3) is 0 Å². The van der Waals surface area contributed by atoms with E-state index in [9.17, 15) is 4.79 Å². The predicted octanol–water partition coefficient (Wildman–Crippen LogP) is -5.20. The van der Waals surface area contributed by atoms with Crippen LogP contribution in [0.25, 0.3) is 0 Å². The van der Waals surface area contributed by atoms with Gasteiger partial charge in [0.15, 0.2) is 6.29 Å². The Morgan fingerprint density at radius 1 is 1.45 bits per heavy atom. The number of hydrogen-bond donors (Lipinski definition) is 4. The number of carbonyl (C=O) groups is 1. The monoisotopic (exact) mass is 175 g/mol. The molecule has 0 radical (unpaired) electrons. The number of aliphatic hydroxyl groups excluding tert-OH is 1. The zero-order valence-electron chi connectivity index (χ0n) is 6.19. The van der Waals surface area contributed by atoms with Gasteiger partial charge >= 0.3 is 35.5 Å². The smallest absolute Gasteiger partial charge is 0.870 e. The van der Waals surface area contributed by atoms with Crippen molar-refractivity contribution in [1.29, 1.82) is 0 Å². The fourth-order valence-corrected chi connectivity index (χ4v) is 0.308. The summed E-state index contributed by atoms with van der Waals surface area (Å²) in [5.74, 6) is -1.02. The molecule has 6 nitrogen and oxygen atoms in total. The van der Waals surface area contributed by atoms with Gasteiger partial charge < -0.3 is 26.1 Å². The first-order chi connectivity index (χ1) is 4.13. The average Bonchev–Trinajstić information content (AvgIpc) is 1.63. The standard InChI is InChI=1S/C4H9NO4.Na.H2O/c6-3(7)1-5-2-4(8)9;;/h3,5-7H,1-2H2,(H,8,9);;1H2/q;+1;/p-1. The molecule has 0 aliphatic carbocycles. The van der Waals surface area contributed by atoms with E-state index < -0.39 is 12.3 Å². The molecule has 0 saturated carbocycles. The molecule has 0 unspecified atom stereocenters. The fourth-order valence-electron chi connectivity index (χ4n) is 0.308. The van der Waals surface area contributed by atoms with Crippen molar-refractivity contribution in [2.24, 2.45) is 0 Å². The van der Waals surface area contributed by atoms with Crippen molar-refractivity contribution in [3.8, 4) is 0 Å². The average molecular weight is 175 g/mol. The van der Waals surface area contributed by atoms with Crippen LogP contribution in [0.1, 0.15) is 0 Å². The molecular formula is C4H10NNaO5. The third-order valence-electron chi connectivity index (χ3n) is 0.603. The molecular weight excluding hydrogens is 165 g/mol. The summed E-state index contributed by atoms with van der Waals surface area (Å²) in [7, 11) is 0. The summed E-state index contributed by atoms with van der Waals surface area (Å²) in [6, 6.07) is 0. The molecule has 0 amide bonds. The zero-order valence-corrected chi connectivity index (χ0v) is 8.19. The molecule has 0 heterocycles. The van der Waals surface area contributed by atoms with E-state index in [4.69, 9.17) is 15.3 Å². The second-order valence-electron chi connectivity index (χ2n) is 1.51. The number of hydrogen-bond acceptors (Lipinski definition) is 5. The molecule has 0 aromatic carbocycles. The summed E-state index contributed by atoms with van der Waals surface area (Å²) >= 11 is 0. The largest absolute Gasteiger partial charge is 1.00 e. The van der Waals surface area contributed by atoms with E-state index in [0.29, 0.717) is 0 Å². The van der Waals surface area contributed by atoms with Gasteiger partial charge in [-0.15, -0.1) is 0 Å². The third-order valence-corrected chi connectivity index (χ3v) is 0.603. The van der Waals surface area contributed by atoms with Crippen LogP contribution in [0, 0.1) is 0 Å². The van der Waals surface area contributed by atoms with Crippen LogP contribution in [-0.2, 0) is 4.79 Å². The second-order valence-corrected chi connectivity index (χ2v) is 1.51. The van der Waals surface area contributed by atoms with Crippen LogP contribution in [0.2, 0.25) is 0 Å².